The Balaban J connectivity index is 0. The summed E-state index contributed by atoms with van der Waals surface area (Å²) in [4.78, 5) is 0. The Labute approximate surface area is 59.7 Å². The molecule has 0 unspecified atom stereocenters. The lowest BCUT2D eigenvalue weighted by Gasteiger charge is -1.94. The van der Waals surface area contributed by atoms with Crippen LogP contribution in [-0.2, 0) is 0 Å². The minimum atomic E-state index is -1.08. The summed E-state index contributed by atoms with van der Waals surface area (Å²) in [6.07, 6.45) is 0. The highest BCUT2D eigenvalue weighted by Crippen LogP contribution is 2.23. The van der Waals surface area contributed by atoms with Crippen LogP contribution in [0.15, 0.2) is 0 Å². The van der Waals surface area contributed by atoms with Crippen LogP contribution in [-0.4, -0.2) is 3.79 Å². The Morgan fingerprint density at radius 3 is 1.00 bits per heavy atom. The van der Waals surface area contributed by atoms with Gasteiger partial charge in [0.05, 0.1) is 0 Å². The standard InChI is InChI=1S/C2H3Cl3.C2H6/c1-2(3,4)5;1-2/h1H3;1-2H3. The van der Waals surface area contributed by atoms with Crippen molar-refractivity contribution in [3.63, 3.8) is 0 Å². The first kappa shape index (κ1) is 10.8. The molecular formula is C4H9Cl3. The van der Waals surface area contributed by atoms with E-state index in [1.54, 1.807) is 0 Å². The summed E-state index contributed by atoms with van der Waals surface area (Å²) in [7, 11) is 0. The van der Waals surface area contributed by atoms with Gasteiger partial charge in [0.25, 0.3) is 0 Å². The minimum Gasteiger partial charge on any atom is -0.0840 e. The smallest absolute Gasteiger partial charge is 0.0840 e. The first-order chi connectivity index (χ1) is 3.00. The second kappa shape index (κ2) is 5.02. The van der Waals surface area contributed by atoms with Crippen molar-refractivity contribution in [3.8, 4) is 0 Å². The molecular weight excluding hydrogens is 154 g/mol. The van der Waals surface area contributed by atoms with Gasteiger partial charge in [0, 0.05) is 0 Å². The lowest BCUT2D eigenvalue weighted by atomic mass is 10.9. The van der Waals surface area contributed by atoms with Crippen LogP contribution in [0.3, 0.4) is 0 Å². The van der Waals surface area contributed by atoms with Gasteiger partial charge >= 0.3 is 0 Å². The quantitative estimate of drug-likeness (QED) is 0.480. The van der Waals surface area contributed by atoms with Crippen LogP contribution in [0.1, 0.15) is 20.8 Å². The summed E-state index contributed by atoms with van der Waals surface area (Å²) in [5.74, 6) is 0. The van der Waals surface area contributed by atoms with Crippen LogP contribution < -0.4 is 0 Å². The topological polar surface area (TPSA) is 0 Å². The van der Waals surface area contributed by atoms with E-state index in [2.05, 4.69) is 0 Å². The second-order valence-electron chi connectivity index (χ2n) is 0.781. The Kier molecular flexibility index (Phi) is 7.72. The molecule has 0 bridgehead atoms. The Morgan fingerprint density at radius 1 is 1.00 bits per heavy atom. The molecule has 0 aromatic rings. The van der Waals surface area contributed by atoms with Crippen molar-refractivity contribution in [3.05, 3.63) is 0 Å². The Morgan fingerprint density at radius 2 is 1.00 bits per heavy atom. The van der Waals surface area contributed by atoms with Gasteiger partial charge in [-0.05, 0) is 6.92 Å². The summed E-state index contributed by atoms with van der Waals surface area (Å²) in [5, 5.41) is 0. The van der Waals surface area contributed by atoms with E-state index in [1.807, 2.05) is 13.8 Å². The maximum atomic E-state index is 5.06. The molecule has 0 N–H and O–H groups in total. The molecule has 0 nitrogen and oxygen atoms in total. The summed E-state index contributed by atoms with van der Waals surface area (Å²) in [6, 6.07) is 0. The summed E-state index contributed by atoms with van der Waals surface area (Å²) in [6.45, 7) is 5.48. The van der Waals surface area contributed by atoms with Gasteiger partial charge in [-0.25, -0.2) is 0 Å². The molecule has 0 heterocycles. The number of halogens is 3. The van der Waals surface area contributed by atoms with Gasteiger partial charge in [0.1, 0.15) is 0 Å². The summed E-state index contributed by atoms with van der Waals surface area (Å²) < 4.78 is -1.08. The average Bonchev–Trinajstić information content (AvgIpc) is 1.36. The normalized spacial score (nSPS) is 9.43. The van der Waals surface area contributed by atoms with Crippen LogP contribution in [0.4, 0.5) is 0 Å². The van der Waals surface area contributed by atoms with Gasteiger partial charge in [-0.3, -0.25) is 0 Å². The number of alkyl halides is 3. The Bertz CT molecular complexity index is 22.4. The molecule has 0 fully saturated rings. The van der Waals surface area contributed by atoms with Gasteiger partial charge < -0.3 is 0 Å². The molecule has 0 rings (SSSR count). The average molecular weight is 163 g/mol. The highest BCUT2D eigenvalue weighted by Gasteiger charge is 2.07. The van der Waals surface area contributed by atoms with Crippen LogP contribution >= 0.6 is 34.8 Å². The first-order valence-corrected chi connectivity index (χ1v) is 3.20. The zero-order chi connectivity index (χ0) is 6.50. The molecule has 0 amide bonds. The molecule has 0 radical (unpaired) electrons. The molecule has 0 aromatic carbocycles. The van der Waals surface area contributed by atoms with Crippen molar-refractivity contribution in [2.45, 2.75) is 24.6 Å². The van der Waals surface area contributed by atoms with Crippen molar-refractivity contribution in [1.29, 1.82) is 0 Å². The van der Waals surface area contributed by atoms with Crippen molar-refractivity contribution in [2.75, 3.05) is 0 Å². The van der Waals surface area contributed by atoms with Crippen LogP contribution in [0.5, 0.6) is 0 Å². The third-order valence-electron chi connectivity index (χ3n) is 0. The van der Waals surface area contributed by atoms with Crippen molar-refractivity contribution in [1.82, 2.24) is 0 Å². The Hall–Kier alpha value is 0.870. The first-order valence-electron chi connectivity index (χ1n) is 2.07. The molecule has 3 heteroatoms. The predicted octanol–water partition coefficient (Wildman–Crippen LogP) is 3.40. The number of hydrogen-bond donors (Lipinski definition) is 0. The zero-order valence-electron chi connectivity index (χ0n) is 4.63. The van der Waals surface area contributed by atoms with Crippen LogP contribution in [0.2, 0.25) is 0 Å². The lowest BCUT2D eigenvalue weighted by molar-refractivity contribution is 1.27. The van der Waals surface area contributed by atoms with Gasteiger partial charge in [0.2, 0.25) is 0 Å². The highest BCUT2D eigenvalue weighted by atomic mass is 35.6. The zero-order valence-corrected chi connectivity index (χ0v) is 6.90. The minimum absolute atomic E-state index is 1.08. The number of rotatable bonds is 0. The molecule has 0 saturated heterocycles. The van der Waals surface area contributed by atoms with E-state index >= 15 is 0 Å². The molecule has 0 spiro atoms. The van der Waals surface area contributed by atoms with Gasteiger partial charge in [-0.1, -0.05) is 48.7 Å². The maximum absolute atomic E-state index is 5.06. The van der Waals surface area contributed by atoms with E-state index in [4.69, 9.17) is 34.8 Å². The monoisotopic (exact) mass is 162 g/mol. The van der Waals surface area contributed by atoms with Gasteiger partial charge in [0.15, 0.2) is 3.79 Å². The molecule has 46 valence electrons. The van der Waals surface area contributed by atoms with Crippen molar-refractivity contribution >= 4 is 34.8 Å². The second-order valence-corrected chi connectivity index (χ2v) is 3.63. The fourth-order valence-corrected chi connectivity index (χ4v) is 0. The van der Waals surface area contributed by atoms with Crippen LogP contribution in [0, 0.1) is 0 Å². The van der Waals surface area contributed by atoms with E-state index < -0.39 is 3.79 Å². The maximum Gasteiger partial charge on any atom is 0.187 e. The van der Waals surface area contributed by atoms with E-state index in [9.17, 15) is 0 Å². The fraction of sp³-hybridized carbons (Fsp3) is 1.00. The van der Waals surface area contributed by atoms with E-state index in [-0.39, 0.29) is 0 Å². The molecule has 0 saturated carbocycles. The molecule has 0 aromatic heterocycles. The van der Waals surface area contributed by atoms with Gasteiger partial charge in [-0.2, -0.15) is 0 Å². The SMILES string of the molecule is CC.CC(Cl)(Cl)Cl. The molecule has 0 aliphatic heterocycles. The molecule has 0 aliphatic rings. The fourth-order valence-electron chi connectivity index (χ4n) is 0. The molecule has 0 atom stereocenters. The molecule has 7 heavy (non-hydrogen) atoms. The highest BCUT2D eigenvalue weighted by molar-refractivity contribution is 6.67. The third kappa shape index (κ3) is 215. The van der Waals surface area contributed by atoms with Crippen molar-refractivity contribution in [2.24, 2.45) is 0 Å². The van der Waals surface area contributed by atoms with E-state index in [0.717, 1.165) is 0 Å². The van der Waals surface area contributed by atoms with E-state index in [1.165, 1.54) is 6.92 Å². The van der Waals surface area contributed by atoms with Crippen LogP contribution in [0.25, 0.3) is 0 Å². The largest absolute Gasteiger partial charge is 0.187 e. The van der Waals surface area contributed by atoms with Crippen molar-refractivity contribution < 1.29 is 0 Å². The van der Waals surface area contributed by atoms with E-state index in [0.29, 0.717) is 0 Å². The number of hydrogen-bond acceptors (Lipinski definition) is 0. The summed E-state index contributed by atoms with van der Waals surface area (Å²) in [5.41, 5.74) is 0. The van der Waals surface area contributed by atoms with Gasteiger partial charge in [-0.15, -0.1) is 0 Å². The lowest BCUT2D eigenvalue weighted by Crippen LogP contribution is -1.87. The third-order valence-corrected chi connectivity index (χ3v) is 0. The molecule has 0 aliphatic carbocycles. The predicted molar refractivity (Wildman–Crippen MR) is 37.3 cm³/mol. The summed E-state index contributed by atoms with van der Waals surface area (Å²) >= 11 is 15.2.